The fourth-order valence-electron chi connectivity index (χ4n) is 4.01. The topological polar surface area (TPSA) is 81.7 Å². The summed E-state index contributed by atoms with van der Waals surface area (Å²) < 4.78 is 45.9. The fourth-order valence-corrected chi connectivity index (χ4v) is 35.5. The Labute approximate surface area is 228 Å². The van der Waals surface area contributed by atoms with Gasteiger partial charge in [0.2, 0.25) is 0 Å². The minimum Gasteiger partial charge on any atom is -0.462 e. The zero-order valence-corrected chi connectivity index (χ0v) is 32.9. The van der Waals surface area contributed by atoms with Crippen LogP contribution in [0.1, 0.15) is 6.92 Å². The Bertz CT molecular complexity index is 679. The molecule has 0 aromatic heterocycles. The molecule has 0 N–H and O–H groups in total. The lowest BCUT2D eigenvalue weighted by Gasteiger charge is -2.46. The summed E-state index contributed by atoms with van der Waals surface area (Å²) in [5.74, 6) is -0.447. The predicted molar refractivity (Wildman–Crippen MR) is 165 cm³/mol. The fraction of sp³-hybridized carbons (Fsp3) is 0.857. The van der Waals surface area contributed by atoms with Gasteiger partial charge < -0.3 is 29.4 Å². The maximum atomic E-state index is 12.2. The van der Waals surface area contributed by atoms with Crippen molar-refractivity contribution in [3.63, 3.8) is 0 Å². The maximum Gasteiger partial charge on any atom is 0.477 e. The van der Waals surface area contributed by atoms with Gasteiger partial charge in [0.05, 0.1) is 12.7 Å². The molecule has 0 saturated heterocycles. The molecule has 0 saturated carbocycles. The van der Waals surface area contributed by atoms with Crippen molar-refractivity contribution < 1.29 is 34.2 Å². The van der Waals surface area contributed by atoms with Crippen LogP contribution in [0.4, 0.5) is 0 Å². The van der Waals surface area contributed by atoms with Gasteiger partial charge in [-0.2, -0.15) is 0 Å². The molecule has 0 aromatic carbocycles. The van der Waals surface area contributed by atoms with Crippen molar-refractivity contribution >= 4 is 65.4 Å². The van der Waals surface area contributed by atoms with E-state index in [0.29, 0.717) is 5.57 Å². The van der Waals surface area contributed by atoms with Gasteiger partial charge >= 0.3 is 40.5 Å². The highest BCUT2D eigenvalue weighted by molar-refractivity contribution is 6.92. The van der Waals surface area contributed by atoms with Gasteiger partial charge in [0.25, 0.3) is 0 Å². The largest absolute Gasteiger partial charge is 0.477 e. The van der Waals surface area contributed by atoms with Crippen LogP contribution in [0.3, 0.4) is 0 Å². The third-order valence-corrected chi connectivity index (χ3v) is 27.5. The smallest absolute Gasteiger partial charge is 0.462 e. The Balaban J connectivity index is 6.58. The van der Waals surface area contributed by atoms with Gasteiger partial charge in [0, 0.05) is 5.57 Å². The Morgan fingerprint density at radius 3 is 1.06 bits per heavy atom. The second kappa shape index (κ2) is 12.8. The molecule has 0 heterocycles. The molecule has 0 radical (unpaired) electrons. The summed E-state index contributed by atoms with van der Waals surface area (Å²) >= 11 is 0. The van der Waals surface area contributed by atoms with E-state index in [1.54, 1.807) is 6.92 Å². The monoisotopic (exact) mass is 630 g/mol. The standard InChI is InChI=1S/C21H54O8Si7/c1-20(2)21(22)23-18-19-36(27-33(12,13)24-30(3,4)5,28-34(14,15)25-31(6,7)8)29-35(16,17)26-32(9,10)11/h1,18-19H2,2-17H3. The summed E-state index contributed by atoms with van der Waals surface area (Å²) in [6.07, 6.45) is 0. The van der Waals surface area contributed by atoms with Crippen LogP contribution >= 0.6 is 0 Å². The number of hydrogen-bond acceptors (Lipinski definition) is 8. The van der Waals surface area contributed by atoms with Crippen molar-refractivity contribution in [2.75, 3.05) is 6.61 Å². The van der Waals surface area contributed by atoms with E-state index in [2.05, 4.69) is 65.5 Å². The van der Waals surface area contributed by atoms with Gasteiger partial charge in [-0.15, -0.1) is 0 Å². The molecule has 0 aromatic rings. The third-order valence-electron chi connectivity index (χ3n) is 3.85. The Morgan fingerprint density at radius 2 is 0.833 bits per heavy atom. The first-order chi connectivity index (χ1) is 15.6. The molecule has 36 heavy (non-hydrogen) atoms. The lowest BCUT2D eigenvalue weighted by Crippen LogP contribution is -2.66. The van der Waals surface area contributed by atoms with Crippen molar-refractivity contribution in [1.29, 1.82) is 0 Å². The summed E-state index contributed by atoms with van der Waals surface area (Å²) in [5, 5.41) is 0. The highest BCUT2D eigenvalue weighted by Gasteiger charge is 2.56. The van der Waals surface area contributed by atoms with Crippen molar-refractivity contribution in [1.82, 2.24) is 0 Å². The van der Waals surface area contributed by atoms with E-state index in [1.165, 1.54) is 0 Å². The molecule has 0 amide bonds. The van der Waals surface area contributed by atoms with Crippen molar-refractivity contribution in [2.24, 2.45) is 0 Å². The number of ether oxygens (including phenoxy) is 1. The van der Waals surface area contributed by atoms with Crippen LogP contribution in [0.15, 0.2) is 12.2 Å². The summed E-state index contributed by atoms with van der Waals surface area (Å²) in [6.45, 7) is 36.9. The van der Waals surface area contributed by atoms with Crippen LogP contribution in [-0.2, 0) is 34.2 Å². The van der Waals surface area contributed by atoms with E-state index in [1.807, 2.05) is 39.3 Å². The number of rotatable bonds is 16. The molecule has 0 unspecified atom stereocenters. The van der Waals surface area contributed by atoms with Crippen molar-refractivity contribution in [2.45, 2.75) is 111 Å². The number of carbonyl (C=O) groups is 1. The first kappa shape index (κ1) is 36.5. The van der Waals surface area contributed by atoms with Crippen molar-refractivity contribution in [3.05, 3.63) is 12.2 Å². The van der Waals surface area contributed by atoms with E-state index < -0.39 is 65.4 Å². The molecule has 8 nitrogen and oxygen atoms in total. The molecule has 0 aliphatic rings. The second-order valence-corrected chi connectivity index (χ2v) is 41.3. The normalized spacial score (nSPS) is 14.7. The van der Waals surface area contributed by atoms with E-state index in [9.17, 15) is 4.79 Å². The van der Waals surface area contributed by atoms with Crippen molar-refractivity contribution in [3.8, 4) is 0 Å². The van der Waals surface area contributed by atoms with Gasteiger partial charge in [-0.25, -0.2) is 4.79 Å². The van der Waals surface area contributed by atoms with E-state index in [0.717, 1.165) is 0 Å². The lowest BCUT2D eigenvalue weighted by molar-refractivity contribution is -0.138. The van der Waals surface area contributed by atoms with Crippen LogP contribution in [0.25, 0.3) is 0 Å². The summed E-state index contributed by atoms with van der Waals surface area (Å²) in [6, 6.07) is 0.286. The zero-order chi connectivity index (χ0) is 29.0. The van der Waals surface area contributed by atoms with Crippen LogP contribution < -0.4 is 0 Å². The van der Waals surface area contributed by atoms with E-state index >= 15 is 0 Å². The van der Waals surface area contributed by atoms with E-state index in [-0.39, 0.29) is 12.7 Å². The van der Waals surface area contributed by atoms with Gasteiger partial charge in [-0.05, 0) is 105 Å². The molecular formula is C21H54O8Si7. The van der Waals surface area contributed by atoms with Gasteiger partial charge in [-0.3, -0.25) is 0 Å². The Morgan fingerprint density at radius 1 is 0.556 bits per heavy atom. The van der Waals surface area contributed by atoms with E-state index in [4.69, 9.17) is 29.4 Å². The zero-order valence-electron chi connectivity index (χ0n) is 25.9. The molecule has 0 bridgehead atoms. The third kappa shape index (κ3) is 17.2. The molecule has 0 spiro atoms. The first-order valence-electron chi connectivity index (χ1n) is 12.6. The molecular weight excluding hydrogens is 577 g/mol. The molecule has 214 valence electrons. The van der Waals surface area contributed by atoms with Gasteiger partial charge in [0.1, 0.15) is 0 Å². The average molecular weight is 631 g/mol. The van der Waals surface area contributed by atoms with Gasteiger partial charge in [-0.1, -0.05) is 6.58 Å². The SMILES string of the molecule is C=C(C)C(=O)OCC[Si](O[Si](C)(C)O[Si](C)(C)C)(O[Si](C)(C)O[Si](C)(C)C)O[Si](C)(C)O[Si](C)(C)C. The van der Waals surface area contributed by atoms with Crippen LogP contribution in [0.5, 0.6) is 0 Å². The minimum absolute atomic E-state index is 0.0875. The molecule has 0 rings (SSSR count). The Hall–Kier alpha value is 0.488. The summed E-state index contributed by atoms with van der Waals surface area (Å²) in [4.78, 5) is 12.2. The number of hydrogen-bond donors (Lipinski definition) is 0. The first-order valence-corrected chi connectivity index (χ1v) is 33.2. The lowest BCUT2D eigenvalue weighted by atomic mass is 10.4. The van der Waals surface area contributed by atoms with Crippen LogP contribution in [0, 0.1) is 0 Å². The van der Waals surface area contributed by atoms with Crippen LogP contribution in [-0.4, -0.2) is 72.0 Å². The number of esters is 1. The molecule has 0 fully saturated rings. The highest BCUT2D eigenvalue weighted by atomic mass is 28.5. The number of carbonyl (C=O) groups excluding carboxylic acids is 1. The summed E-state index contributed by atoms with van der Waals surface area (Å²) in [5.41, 5.74) is 0.343. The summed E-state index contributed by atoms with van der Waals surface area (Å²) in [7, 11) is -17.5. The predicted octanol–water partition coefficient (Wildman–Crippen LogP) is 6.75. The molecule has 15 heteroatoms. The maximum absolute atomic E-state index is 12.2. The molecule has 0 aliphatic heterocycles. The average Bonchev–Trinajstić information content (AvgIpc) is 2.44. The van der Waals surface area contributed by atoms with Gasteiger partial charge in [0.15, 0.2) is 25.0 Å². The Kier molecular flexibility index (Phi) is 12.9. The minimum atomic E-state index is -3.53. The quantitative estimate of drug-likeness (QED) is 0.105. The molecule has 0 aliphatic carbocycles. The van der Waals surface area contributed by atoms with Crippen LogP contribution in [0.2, 0.25) is 104 Å². The molecule has 0 atom stereocenters. The highest BCUT2D eigenvalue weighted by Crippen LogP contribution is 2.33. The second-order valence-electron chi connectivity index (χ2n) is 13.5.